The van der Waals surface area contributed by atoms with Crippen LogP contribution in [0.25, 0.3) is 0 Å². The zero-order valence-electron chi connectivity index (χ0n) is 7.76. The Bertz CT molecular complexity index is 310. The molecule has 1 atom stereocenters. The van der Waals surface area contributed by atoms with E-state index in [1.807, 2.05) is 6.92 Å². The zero-order valence-corrected chi connectivity index (χ0v) is 9.27. The number of hydrogen-bond acceptors (Lipinski definition) is 1. The van der Waals surface area contributed by atoms with E-state index in [9.17, 15) is 4.79 Å². The van der Waals surface area contributed by atoms with Crippen LogP contribution in [0.15, 0.2) is 24.3 Å². The quantitative estimate of drug-likeness (QED) is 0.797. The minimum absolute atomic E-state index is 0.0279. The molecule has 1 amide bonds. The lowest BCUT2D eigenvalue weighted by Gasteiger charge is -2.10. The minimum Gasteiger partial charge on any atom is -0.348 e. The normalized spacial score (nSPS) is 12.2. The van der Waals surface area contributed by atoms with E-state index >= 15 is 0 Å². The van der Waals surface area contributed by atoms with Crippen molar-refractivity contribution in [1.29, 1.82) is 0 Å². The Hall–Kier alpha value is -0.730. The predicted octanol–water partition coefficient (Wildman–Crippen LogP) is 2.70. The molecule has 1 aromatic rings. The number of carbonyl (C=O) groups is 1. The van der Waals surface area contributed by atoms with Gasteiger partial charge in [-0.1, -0.05) is 11.6 Å². The van der Waals surface area contributed by atoms with Gasteiger partial charge in [-0.3, -0.25) is 4.79 Å². The zero-order chi connectivity index (χ0) is 10.6. The molecule has 0 heterocycles. The Morgan fingerprint density at radius 3 is 2.50 bits per heavy atom. The molecule has 14 heavy (non-hydrogen) atoms. The van der Waals surface area contributed by atoms with Crippen molar-refractivity contribution < 1.29 is 4.79 Å². The molecule has 0 spiro atoms. The lowest BCUT2D eigenvalue weighted by molar-refractivity contribution is 0.0943. The van der Waals surface area contributed by atoms with Crippen molar-refractivity contribution in [2.45, 2.75) is 13.0 Å². The van der Waals surface area contributed by atoms with Crippen LogP contribution in [0, 0.1) is 0 Å². The third-order valence-electron chi connectivity index (χ3n) is 1.72. The van der Waals surface area contributed by atoms with Gasteiger partial charge in [0.2, 0.25) is 0 Å². The summed E-state index contributed by atoms with van der Waals surface area (Å²) in [6.07, 6.45) is 0. The van der Waals surface area contributed by atoms with Gasteiger partial charge in [0, 0.05) is 22.5 Å². The highest BCUT2D eigenvalue weighted by molar-refractivity contribution is 6.30. The average Bonchev–Trinajstić information content (AvgIpc) is 2.18. The first-order chi connectivity index (χ1) is 6.63. The van der Waals surface area contributed by atoms with Crippen LogP contribution >= 0.6 is 23.2 Å². The van der Waals surface area contributed by atoms with Crippen LogP contribution in [0.4, 0.5) is 0 Å². The molecule has 0 aromatic heterocycles. The van der Waals surface area contributed by atoms with E-state index in [0.29, 0.717) is 16.5 Å². The summed E-state index contributed by atoms with van der Waals surface area (Å²) < 4.78 is 0. The first-order valence-electron chi connectivity index (χ1n) is 4.26. The fraction of sp³-hybridized carbons (Fsp3) is 0.300. The number of alkyl halides is 1. The Morgan fingerprint density at radius 2 is 2.00 bits per heavy atom. The van der Waals surface area contributed by atoms with Crippen molar-refractivity contribution in [2.75, 3.05) is 5.88 Å². The van der Waals surface area contributed by atoms with Crippen LogP contribution in [0.3, 0.4) is 0 Å². The van der Waals surface area contributed by atoms with E-state index in [0.717, 1.165) is 0 Å². The summed E-state index contributed by atoms with van der Waals surface area (Å²) in [6.45, 7) is 1.85. The summed E-state index contributed by atoms with van der Waals surface area (Å²) in [5.74, 6) is 0.272. The molecule has 1 rings (SSSR count). The van der Waals surface area contributed by atoms with Gasteiger partial charge in [0.05, 0.1) is 0 Å². The highest BCUT2D eigenvalue weighted by Gasteiger charge is 2.07. The second kappa shape index (κ2) is 5.23. The molecule has 0 saturated heterocycles. The fourth-order valence-electron chi connectivity index (χ4n) is 0.947. The van der Waals surface area contributed by atoms with Gasteiger partial charge in [-0.2, -0.15) is 0 Å². The molecule has 0 bridgehead atoms. The molecule has 1 unspecified atom stereocenters. The summed E-state index contributed by atoms with van der Waals surface area (Å²) in [5, 5.41) is 3.37. The number of halogens is 2. The van der Waals surface area contributed by atoms with Crippen LogP contribution in [0.5, 0.6) is 0 Å². The second-order valence-corrected chi connectivity index (χ2v) is 3.78. The number of benzene rings is 1. The molecule has 1 aromatic carbocycles. The van der Waals surface area contributed by atoms with E-state index in [2.05, 4.69) is 5.32 Å². The highest BCUT2D eigenvalue weighted by Crippen LogP contribution is 2.09. The van der Waals surface area contributed by atoms with Crippen molar-refractivity contribution in [1.82, 2.24) is 5.32 Å². The highest BCUT2D eigenvalue weighted by atomic mass is 35.5. The van der Waals surface area contributed by atoms with Crippen LogP contribution in [0.1, 0.15) is 17.3 Å². The molecule has 2 nitrogen and oxygen atoms in total. The first-order valence-corrected chi connectivity index (χ1v) is 5.17. The summed E-state index contributed by atoms with van der Waals surface area (Å²) in [6, 6.07) is 6.70. The van der Waals surface area contributed by atoms with Crippen molar-refractivity contribution in [3.05, 3.63) is 34.9 Å². The Morgan fingerprint density at radius 1 is 1.43 bits per heavy atom. The molecule has 0 aliphatic rings. The average molecular weight is 232 g/mol. The Kier molecular flexibility index (Phi) is 4.23. The van der Waals surface area contributed by atoms with E-state index in [-0.39, 0.29) is 11.9 Å². The molecular weight excluding hydrogens is 221 g/mol. The summed E-state index contributed by atoms with van der Waals surface area (Å²) in [7, 11) is 0. The maximum absolute atomic E-state index is 11.5. The van der Waals surface area contributed by atoms with Crippen molar-refractivity contribution in [3.63, 3.8) is 0 Å². The van der Waals surface area contributed by atoms with E-state index in [1.54, 1.807) is 24.3 Å². The molecule has 76 valence electrons. The SMILES string of the molecule is CC(CCl)NC(=O)c1ccc(Cl)cc1. The maximum Gasteiger partial charge on any atom is 0.251 e. The lowest BCUT2D eigenvalue weighted by atomic mass is 10.2. The molecule has 0 fully saturated rings. The number of carbonyl (C=O) groups excluding carboxylic acids is 1. The smallest absolute Gasteiger partial charge is 0.251 e. The Balaban J connectivity index is 2.65. The van der Waals surface area contributed by atoms with Gasteiger partial charge in [0.25, 0.3) is 5.91 Å². The summed E-state index contributed by atoms with van der Waals surface area (Å²) >= 11 is 11.3. The van der Waals surface area contributed by atoms with Gasteiger partial charge in [-0.25, -0.2) is 0 Å². The van der Waals surface area contributed by atoms with Gasteiger partial charge in [-0.15, -0.1) is 11.6 Å². The summed E-state index contributed by atoms with van der Waals surface area (Å²) in [5.41, 5.74) is 0.589. The minimum atomic E-state index is -0.130. The molecule has 4 heteroatoms. The van der Waals surface area contributed by atoms with Gasteiger partial charge >= 0.3 is 0 Å². The molecule has 0 radical (unpaired) electrons. The lowest BCUT2D eigenvalue weighted by Crippen LogP contribution is -2.33. The second-order valence-electron chi connectivity index (χ2n) is 3.04. The van der Waals surface area contributed by atoms with Crippen LogP contribution < -0.4 is 5.32 Å². The molecular formula is C10H11Cl2NO. The van der Waals surface area contributed by atoms with E-state index in [4.69, 9.17) is 23.2 Å². The van der Waals surface area contributed by atoms with Gasteiger partial charge in [0.1, 0.15) is 0 Å². The third kappa shape index (κ3) is 3.20. The number of amides is 1. The molecule has 1 N–H and O–H groups in total. The number of nitrogens with one attached hydrogen (secondary N) is 1. The van der Waals surface area contributed by atoms with Crippen LogP contribution in [0.2, 0.25) is 5.02 Å². The molecule has 0 saturated carbocycles. The topological polar surface area (TPSA) is 29.1 Å². The van der Waals surface area contributed by atoms with Crippen LogP contribution in [-0.4, -0.2) is 17.8 Å². The summed E-state index contributed by atoms with van der Waals surface area (Å²) in [4.78, 5) is 11.5. The maximum atomic E-state index is 11.5. The Labute approximate surface area is 93.2 Å². The van der Waals surface area contributed by atoms with Gasteiger partial charge < -0.3 is 5.32 Å². The first kappa shape index (κ1) is 11.3. The van der Waals surface area contributed by atoms with Crippen molar-refractivity contribution in [3.8, 4) is 0 Å². The monoisotopic (exact) mass is 231 g/mol. The van der Waals surface area contributed by atoms with Crippen molar-refractivity contribution in [2.24, 2.45) is 0 Å². The van der Waals surface area contributed by atoms with E-state index < -0.39 is 0 Å². The largest absolute Gasteiger partial charge is 0.348 e. The fourth-order valence-corrected chi connectivity index (χ4v) is 1.15. The van der Waals surface area contributed by atoms with Gasteiger partial charge in [-0.05, 0) is 31.2 Å². The predicted molar refractivity (Wildman–Crippen MR) is 59.1 cm³/mol. The molecule has 0 aliphatic carbocycles. The molecule has 0 aliphatic heterocycles. The van der Waals surface area contributed by atoms with Gasteiger partial charge in [0.15, 0.2) is 0 Å². The number of hydrogen-bond donors (Lipinski definition) is 1. The van der Waals surface area contributed by atoms with E-state index in [1.165, 1.54) is 0 Å². The standard InChI is InChI=1S/C10H11Cl2NO/c1-7(6-11)13-10(14)8-2-4-9(12)5-3-8/h2-5,7H,6H2,1H3,(H,13,14). The number of rotatable bonds is 3. The third-order valence-corrected chi connectivity index (χ3v) is 2.43. The van der Waals surface area contributed by atoms with Crippen molar-refractivity contribution >= 4 is 29.1 Å². The van der Waals surface area contributed by atoms with Crippen LogP contribution in [-0.2, 0) is 0 Å².